The molecule has 0 atom stereocenters. The van der Waals surface area contributed by atoms with E-state index in [9.17, 15) is 0 Å². The van der Waals surface area contributed by atoms with Crippen molar-refractivity contribution in [3.8, 4) is 0 Å². The highest BCUT2D eigenvalue weighted by Gasteiger charge is 2.13. The van der Waals surface area contributed by atoms with E-state index >= 15 is 0 Å². The number of aryl methyl sites for hydroxylation is 4. The smallest absolute Gasteiger partial charge is 0.111 e. The summed E-state index contributed by atoms with van der Waals surface area (Å²) in [6.07, 6.45) is 10.1. The minimum atomic E-state index is 0.921. The molecule has 0 spiro atoms. The topological polar surface area (TPSA) is 81.8 Å². The fourth-order valence-electron chi connectivity index (χ4n) is 4.47. The van der Waals surface area contributed by atoms with Crippen molar-refractivity contribution in [2.24, 2.45) is 4.99 Å². The molecular weight excluding hydrogens is 541 g/mol. The van der Waals surface area contributed by atoms with Gasteiger partial charge < -0.3 is 15.3 Å². The van der Waals surface area contributed by atoms with E-state index in [1.807, 2.05) is 35.1 Å². The first kappa shape index (κ1) is 29.0. The number of aliphatic imine (C=N–C) groups is 1. The predicted molar refractivity (Wildman–Crippen MR) is 168 cm³/mol. The van der Waals surface area contributed by atoms with Gasteiger partial charge in [0.15, 0.2) is 0 Å². The molecule has 0 saturated carbocycles. The van der Waals surface area contributed by atoms with E-state index in [0.29, 0.717) is 0 Å². The maximum atomic E-state index is 4.43. The quantitative estimate of drug-likeness (QED) is 0.198. The number of hydrogen-bond donors (Lipinski definition) is 3. The summed E-state index contributed by atoms with van der Waals surface area (Å²) in [6.45, 7) is 15.1. The number of aromatic nitrogens is 4. The molecule has 1 aliphatic heterocycles. The zero-order chi connectivity index (χ0) is 27.8. The Balaban J connectivity index is 0.000000137. The predicted octanol–water partition coefficient (Wildman–Crippen LogP) is 7.27. The lowest BCUT2D eigenvalue weighted by molar-refractivity contribution is 0.952. The van der Waals surface area contributed by atoms with Gasteiger partial charge in [-0.3, -0.25) is 4.99 Å². The third kappa shape index (κ3) is 8.00. The van der Waals surface area contributed by atoms with Crippen LogP contribution in [0.3, 0.4) is 0 Å². The number of nitrogens with one attached hydrogen (secondary N) is 3. The molecule has 0 bridgehead atoms. The van der Waals surface area contributed by atoms with Gasteiger partial charge in [0.2, 0.25) is 0 Å². The van der Waals surface area contributed by atoms with Gasteiger partial charge in [0.05, 0.1) is 6.54 Å². The Morgan fingerprint density at radius 1 is 0.744 bits per heavy atom. The molecular formula is C30H38N6S3. The Labute approximate surface area is 243 Å². The van der Waals surface area contributed by atoms with Gasteiger partial charge in [-0.25, -0.2) is 9.97 Å². The number of H-pyrrole nitrogens is 2. The molecule has 6 rings (SSSR count). The lowest BCUT2D eigenvalue weighted by Crippen LogP contribution is -2.20. The molecule has 6 nitrogen and oxygen atoms in total. The zero-order valence-electron chi connectivity index (χ0n) is 23.6. The Morgan fingerprint density at radius 2 is 1.33 bits per heavy atom. The number of aromatic amines is 2. The molecule has 206 valence electrons. The maximum Gasteiger partial charge on any atom is 0.111 e. The largest absolute Gasteiger partial charge is 0.372 e. The molecule has 0 fully saturated rings. The second-order valence-corrected chi connectivity index (χ2v) is 13.5. The molecule has 0 saturated heterocycles. The molecule has 5 aromatic heterocycles. The van der Waals surface area contributed by atoms with E-state index < -0.39 is 0 Å². The third-order valence-electron chi connectivity index (χ3n) is 6.89. The van der Waals surface area contributed by atoms with Crippen LogP contribution in [0.1, 0.15) is 58.3 Å². The van der Waals surface area contributed by atoms with E-state index in [1.54, 1.807) is 23.7 Å². The highest BCUT2D eigenvalue weighted by molar-refractivity contribution is 7.12. The summed E-state index contributed by atoms with van der Waals surface area (Å²) in [5, 5.41) is 5.41. The van der Waals surface area contributed by atoms with Crippen LogP contribution >= 0.6 is 34.0 Å². The first-order valence-electron chi connectivity index (χ1n) is 13.2. The van der Waals surface area contributed by atoms with Crippen molar-refractivity contribution in [2.45, 2.75) is 60.8 Å². The fraction of sp³-hybridized carbons (Fsp3) is 0.367. The average molecular weight is 579 g/mol. The molecule has 1 aliphatic rings. The summed E-state index contributed by atoms with van der Waals surface area (Å²) in [6, 6.07) is 4.18. The van der Waals surface area contributed by atoms with Gasteiger partial charge in [0.1, 0.15) is 17.5 Å². The number of thiophene rings is 3. The van der Waals surface area contributed by atoms with Crippen LogP contribution in [0.5, 0.6) is 0 Å². The van der Waals surface area contributed by atoms with Crippen LogP contribution in [0.4, 0.5) is 0 Å². The van der Waals surface area contributed by atoms with Crippen LogP contribution < -0.4 is 5.32 Å². The van der Waals surface area contributed by atoms with Gasteiger partial charge in [-0.1, -0.05) is 6.07 Å². The molecule has 39 heavy (non-hydrogen) atoms. The van der Waals surface area contributed by atoms with E-state index in [4.69, 9.17) is 0 Å². The molecule has 9 heteroatoms. The molecule has 6 heterocycles. The monoisotopic (exact) mass is 578 g/mol. The molecule has 3 N–H and O–H groups in total. The van der Waals surface area contributed by atoms with Crippen LogP contribution in [0.2, 0.25) is 0 Å². The number of imidazole rings is 2. The van der Waals surface area contributed by atoms with Crippen molar-refractivity contribution < 1.29 is 0 Å². The number of nitrogens with zero attached hydrogens (tertiary/aromatic N) is 3. The van der Waals surface area contributed by atoms with E-state index in [-0.39, 0.29) is 0 Å². The molecule has 0 radical (unpaired) electrons. The third-order valence-corrected chi connectivity index (χ3v) is 10.1. The Kier molecular flexibility index (Phi) is 10.3. The summed E-state index contributed by atoms with van der Waals surface area (Å²) in [5.74, 6) is 3.25. The average Bonchev–Trinajstić information content (AvgIpc) is 3.76. The summed E-state index contributed by atoms with van der Waals surface area (Å²) in [4.78, 5) is 26.1. The SMILES string of the molecule is Cc1sc(C)c(CC2=NCCN2)c1C.Cc1sc(C)c(Cc2ncc[nH]2)c1C.c1csc(Cc2ncc[nH]2)c1. The van der Waals surface area contributed by atoms with Crippen LogP contribution in [0.15, 0.2) is 47.3 Å². The van der Waals surface area contributed by atoms with Crippen LogP contribution in [0, 0.1) is 41.5 Å². The van der Waals surface area contributed by atoms with Crippen molar-refractivity contribution in [2.75, 3.05) is 13.1 Å². The summed E-state index contributed by atoms with van der Waals surface area (Å²) < 4.78 is 0. The van der Waals surface area contributed by atoms with Gasteiger partial charge in [0, 0.05) is 75.0 Å². The van der Waals surface area contributed by atoms with Gasteiger partial charge in [-0.2, -0.15) is 0 Å². The Hall–Kier alpha value is -3.01. The number of rotatable bonds is 6. The zero-order valence-corrected chi connectivity index (χ0v) is 26.1. The molecule has 0 amide bonds. The molecule has 0 unspecified atom stereocenters. The number of amidine groups is 1. The highest BCUT2D eigenvalue weighted by atomic mass is 32.1. The maximum absolute atomic E-state index is 4.43. The van der Waals surface area contributed by atoms with Gasteiger partial charge in [0.25, 0.3) is 0 Å². The van der Waals surface area contributed by atoms with Crippen LogP contribution in [-0.4, -0.2) is 38.9 Å². The number of hydrogen-bond acceptors (Lipinski definition) is 7. The minimum Gasteiger partial charge on any atom is -0.372 e. The van der Waals surface area contributed by atoms with Crippen molar-refractivity contribution >= 4 is 39.8 Å². The molecule has 0 aliphatic carbocycles. The van der Waals surface area contributed by atoms with Crippen LogP contribution in [0.25, 0.3) is 0 Å². The Bertz CT molecular complexity index is 1420. The minimum absolute atomic E-state index is 0.921. The summed E-state index contributed by atoms with van der Waals surface area (Å²) in [5.41, 5.74) is 5.77. The van der Waals surface area contributed by atoms with Crippen molar-refractivity contribution in [3.05, 3.63) is 101 Å². The highest BCUT2D eigenvalue weighted by Crippen LogP contribution is 2.28. The fourth-order valence-corrected chi connectivity index (χ4v) is 7.35. The lowest BCUT2D eigenvalue weighted by Gasteiger charge is -2.03. The second kappa shape index (κ2) is 13.9. The van der Waals surface area contributed by atoms with Crippen molar-refractivity contribution in [1.82, 2.24) is 25.3 Å². The molecule has 0 aromatic carbocycles. The van der Waals surface area contributed by atoms with E-state index in [0.717, 1.165) is 49.8 Å². The summed E-state index contributed by atoms with van der Waals surface area (Å²) in [7, 11) is 0. The van der Waals surface area contributed by atoms with E-state index in [1.165, 1.54) is 46.6 Å². The first-order valence-corrected chi connectivity index (χ1v) is 15.7. The standard InChI is InChI=1S/C11H16N2S.C11H14N2S.C8H8N2S/c2*1-7-8(2)14-9(3)10(7)6-11-12-4-5-13-11;1-2-7(11-5-1)6-8-9-3-4-10-8/h4-6H2,1-3H3,(H,12,13);4-5H,6H2,1-3H3,(H,12,13);1-5H,6H2,(H,9,10). The Morgan fingerprint density at radius 3 is 1.77 bits per heavy atom. The normalized spacial score (nSPS) is 12.3. The summed E-state index contributed by atoms with van der Waals surface area (Å²) >= 11 is 5.53. The van der Waals surface area contributed by atoms with Crippen molar-refractivity contribution in [1.29, 1.82) is 0 Å². The van der Waals surface area contributed by atoms with Gasteiger partial charge in [-0.15, -0.1) is 34.0 Å². The van der Waals surface area contributed by atoms with Gasteiger partial charge >= 0.3 is 0 Å². The second-order valence-electron chi connectivity index (χ2n) is 9.57. The van der Waals surface area contributed by atoms with Crippen molar-refractivity contribution in [3.63, 3.8) is 0 Å². The molecule has 5 aromatic rings. The van der Waals surface area contributed by atoms with Crippen LogP contribution in [-0.2, 0) is 19.3 Å². The van der Waals surface area contributed by atoms with E-state index in [2.05, 4.69) is 89.3 Å². The lowest BCUT2D eigenvalue weighted by atomic mass is 10.1. The van der Waals surface area contributed by atoms with Gasteiger partial charge in [-0.05, 0) is 75.2 Å². The first-order chi connectivity index (χ1) is 18.8.